The first-order chi connectivity index (χ1) is 8.63. The second-order valence-corrected chi connectivity index (χ2v) is 7.12. The van der Waals surface area contributed by atoms with Gasteiger partial charge in [0.2, 0.25) is 0 Å². The van der Waals surface area contributed by atoms with Gasteiger partial charge in [-0.05, 0) is 83.1 Å². The molecule has 0 aromatic carbocycles. The minimum absolute atomic E-state index is 0.829. The van der Waals surface area contributed by atoms with Gasteiger partial charge < -0.3 is 9.80 Å². The van der Waals surface area contributed by atoms with Crippen LogP contribution in [0.5, 0.6) is 0 Å². The van der Waals surface area contributed by atoms with E-state index in [1.807, 2.05) is 0 Å². The van der Waals surface area contributed by atoms with Crippen LogP contribution in [0.1, 0.15) is 46.0 Å². The summed E-state index contributed by atoms with van der Waals surface area (Å²) in [6, 6.07) is 0. The van der Waals surface area contributed by atoms with E-state index in [1.54, 1.807) is 0 Å². The van der Waals surface area contributed by atoms with Crippen LogP contribution in [0.25, 0.3) is 0 Å². The van der Waals surface area contributed by atoms with Gasteiger partial charge in [-0.15, -0.1) is 0 Å². The lowest BCUT2D eigenvalue weighted by atomic mass is 9.83. The van der Waals surface area contributed by atoms with Gasteiger partial charge in [-0.25, -0.2) is 0 Å². The Morgan fingerprint density at radius 2 is 1.39 bits per heavy atom. The van der Waals surface area contributed by atoms with Crippen molar-refractivity contribution in [2.24, 2.45) is 17.8 Å². The van der Waals surface area contributed by atoms with E-state index >= 15 is 0 Å². The summed E-state index contributed by atoms with van der Waals surface area (Å²) in [7, 11) is 2.26. The third-order valence-electron chi connectivity index (χ3n) is 4.84. The zero-order valence-electron chi connectivity index (χ0n) is 12.7. The third-order valence-corrected chi connectivity index (χ3v) is 4.84. The normalized spacial score (nSPS) is 26.0. The summed E-state index contributed by atoms with van der Waals surface area (Å²) in [6.45, 7) is 11.4. The van der Waals surface area contributed by atoms with E-state index in [0.717, 1.165) is 17.8 Å². The second kappa shape index (κ2) is 6.91. The smallest absolute Gasteiger partial charge is 0.000439 e. The van der Waals surface area contributed by atoms with Crippen LogP contribution in [0.15, 0.2) is 0 Å². The topological polar surface area (TPSA) is 6.48 Å². The van der Waals surface area contributed by atoms with E-state index in [4.69, 9.17) is 0 Å². The van der Waals surface area contributed by atoms with E-state index in [9.17, 15) is 0 Å². The summed E-state index contributed by atoms with van der Waals surface area (Å²) < 4.78 is 0. The molecule has 0 saturated carbocycles. The lowest BCUT2D eigenvalue weighted by Crippen LogP contribution is -2.37. The van der Waals surface area contributed by atoms with Crippen LogP contribution in [0.2, 0.25) is 0 Å². The number of nitrogens with zero attached hydrogens (tertiary/aromatic N) is 2. The Balaban J connectivity index is 1.64. The standard InChI is InChI=1S/C16H32N2/c1-14(2)13-18-10-6-16(7-11-18)12-15-4-8-17(3)9-5-15/h14-16H,4-13H2,1-3H3. The number of piperidine rings is 2. The van der Waals surface area contributed by atoms with Crippen LogP contribution in [-0.2, 0) is 0 Å². The molecule has 0 amide bonds. The Morgan fingerprint density at radius 3 is 1.89 bits per heavy atom. The predicted octanol–water partition coefficient (Wildman–Crippen LogP) is 3.09. The monoisotopic (exact) mass is 252 g/mol. The molecule has 0 radical (unpaired) electrons. The van der Waals surface area contributed by atoms with Gasteiger partial charge >= 0.3 is 0 Å². The molecule has 2 heteroatoms. The lowest BCUT2D eigenvalue weighted by Gasteiger charge is -2.36. The van der Waals surface area contributed by atoms with Crippen LogP contribution in [0, 0.1) is 17.8 Å². The highest BCUT2D eigenvalue weighted by Gasteiger charge is 2.24. The van der Waals surface area contributed by atoms with Crippen molar-refractivity contribution >= 4 is 0 Å². The first-order valence-corrected chi connectivity index (χ1v) is 8.04. The van der Waals surface area contributed by atoms with Gasteiger partial charge in [0, 0.05) is 6.54 Å². The van der Waals surface area contributed by atoms with E-state index < -0.39 is 0 Å². The van der Waals surface area contributed by atoms with Gasteiger partial charge in [-0.1, -0.05) is 13.8 Å². The van der Waals surface area contributed by atoms with Gasteiger partial charge in [0.1, 0.15) is 0 Å². The summed E-state index contributed by atoms with van der Waals surface area (Å²) in [5.74, 6) is 2.89. The Labute approximate surface area is 114 Å². The zero-order chi connectivity index (χ0) is 13.0. The molecule has 0 N–H and O–H groups in total. The summed E-state index contributed by atoms with van der Waals surface area (Å²) in [5.41, 5.74) is 0. The third kappa shape index (κ3) is 4.55. The molecule has 0 atom stereocenters. The molecule has 0 unspecified atom stereocenters. The molecule has 0 bridgehead atoms. The molecule has 2 saturated heterocycles. The van der Waals surface area contributed by atoms with Gasteiger partial charge in [0.05, 0.1) is 0 Å². The average Bonchev–Trinajstić information content (AvgIpc) is 2.34. The second-order valence-electron chi connectivity index (χ2n) is 7.12. The molecule has 0 aromatic rings. The Hall–Kier alpha value is -0.0800. The van der Waals surface area contributed by atoms with Gasteiger partial charge in [-0.3, -0.25) is 0 Å². The van der Waals surface area contributed by atoms with Gasteiger partial charge in [-0.2, -0.15) is 0 Å². The van der Waals surface area contributed by atoms with Crippen molar-refractivity contribution in [1.82, 2.24) is 9.80 Å². The summed E-state index contributed by atoms with van der Waals surface area (Å²) >= 11 is 0. The molecule has 2 nitrogen and oxygen atoms in total. The lowest BCUT2D eigenvalue weighted by molar-refractivity contribution is 0.134. The Kier molecular flexibility index (Phi) is 5.50. The van der Waals surface area contributed by atoms with Crippen molar-refractivity contribution in [1.29, 1.82) is 0 Å². The number of hydrogen-bond acceptors (Lipinski definition) is 2. The first-order valence-electron chi connectivity index (χ1n) is 8.04. The highest BCUT2D eigenvalue weighted by atomic mass is 15.1. The maximum atomic E-state index is 2.68. The zero-order valence-corrected chi connectivity index (χ0v) is 12.7. The SMILES string of the molecule is CC(C)CN1CCC(CC2CCN(C)CC2)CC1. The van der Waals surface area contributed by atoms with Gasteiger partial charge in [0.15, 0.2) is 0 Å². The van der Waals surface area contributed by atoms with Crippen molar-refractivity contribution in [3.63, 3.8) is 0 Å². The minimum atomic E-state index is 0.829. The molecule has 106 valence electrons. The highest BCUT2D eigenvalue weighted by Crippen LogP contribution is 2.29. The Bertz CT molecular complexity index is 223. The van der Waals surface area contributed by atoms with E-state index in [2.05, 4.69) is 30.7 Å². The maximum Gasteiger partial charge on any atom is 0.000439 e. The highest BCUT2D eigenvalue weighted by molar-refractivity contribution is 4.78. The first kappa shape index (κ1) is 14.3. The average molecular weight is 252 g/mol. The summed E-state index contributed by atoms with van der Waals surface area (Å²) in [5, 5.41) is 0. The molecule has 0 aromatic heterocycles. The predicted molar refractivity (Wildman–Crippen MR) is 78.8 cm³/mol. The molecule has 2 aliphatic heterocycles. The van der Waals surface area contributed by atoms with E-state index in [-0.39, 0.29) is 0 Å². The fourth-order valence-corrected chi connectivity index (χ4v) is 3.69. The van der Waals surface area contributed by atoms with Crippen molar-refractivity contribution < 1.29 is 0 Å². The van der Waals surface area contributed by atoms with Crippen LogP contribution < -0.4 is 0 Å². The number of rotatable bonds is 4. The molecule has 2 fully saturated rings. The molecular formula is C16H32N2. The molecule has 2 heterocycles. The van der Waals surface area contributed by atoms with Gasteiger partial charge in [0.25, 0.3) is 0 Å². The van der Waals surface area contributed by atoms with Crippen molar-refractivity contribution in [3.8, 4) is 0 Å². The van der Waals surface area contributed by atoms with Crippen molar-refractivity contribution in [2.45, 2.75) is 46.0 Å². The largest absolute Gasteiger partial charge is 0.306 e. The maximum absolute atomic E-state index is 2.68. The quantitative estimate of drug-likeness (QED) is 0.758. The molecule has 18 heavy (non-hydrogen) atoms. The Morgan fingerprint density at radius 1 is 0.889 bits per heavy atom. The fourth-order valence-electron chi connectivity index (χ4n) is 3.69. The van der Waals surface area contributed by atoms with Crippen LogP contribution in [-0.4, -0.2) is 49.6 Å². The van der Waals surface area contributed by atoms with Crippen LogP contribution in [0.4, 0.5) is 0 Å². The van der Waals surface area contributed by atoms with E-state index in [0.29, 0.717) is 0 Å². The molecule has 0 aliphatic carbocycles. The molecule has 0 spiro atoms. The van der Waals surface area contributed by atoms with Crippen LogP contribution >= 0.6 is 0 Å². The summed E-state index contributed by atoms with van der Waals surface area (Å²) in [4.78, 5) is 5.16. The molecule has 2 aliphatic rings. The molecular weight excluding hydrogens is 220 g/mol. The van der Waals surface area contributed by atoms with Crippen LogP contribution in [0.3, 0.4) is 0 Å². The summed E-state index contributed by atoms with van der Waals surface area (Å²) in [6.07, 6.45) is 7.33. The number of likely N-dealkylation sites (tertiary alicyclic amines) is 2. The number of hydrogen-bond donors (Lipinski definition) is 0. The molecule has 2 rings (SSSR count). The fraction of sp³-hybridized carbons (Fsp3) is 1.00. The van der Waals surface area contributed by atoms with E-state index in [1.165, 1.54) is 64.8 Å². The minimum Gasteiger partial charge on any atom is -0.306 e. The van der Waals surface area contributed by atoms with Crippen molar-refractivity contribution in [2.75, 3.05) is 39.8 Å². The van der Waals surface area contributed by atoms with Crippen molar-refractivity contribution in [3.05, 3.63) is 0 Å².